The summed E-state index contributed by atoms with van der Waals surface area (Å²) in [5, 5.41) is 9.17. The van der Waals surface area contributed by atoms with Gasteiger partial charge in [-0.25, -0.2) is 18.2 Å². The number of hydrogen-bond acceptors (Lipinski definition) is 3. The first-order valence-electron chi connectivity index (χ1n) is 4.69. The SMILES string of the molecule is CC(C)(C)N(NS(=O)(=O)C1CC1)C(=O)O. The predicted octanol–water partition coefficient (Wildman–Crippen LogP) is 0.762. The molecule has 1 rings (SSSR count). The summed E-state index contributed by atoms with van der Waals surface area (Å²) in [5.74, 6) is 0. The van der Waals surface area contributed by atoms with Crippen molar-refractivity contribution in [2.45, 2.75) is 44.4 Å². The fraction of sp³-hybridized carbons (Fsp3) is 0.875. The molecule has 1 aliphatic rings. The van der Waals surface area contributed by atoms with Crippen LogP contribution in [0.25, 0.3) is 0 Å². The number of sulfonamides is 1. The van der Waals surface area contributed by atoms with E-state index in [1.54, 1.807) is 20.8 Å². The van der Waals surface area contributed by atoms with Crippen molar-refractivity contribution in [2.75, 3.05) is 0 Å². The molecule has 0 atom stereocenters. The van der Waals surface area contributed by atoms with Gasteiger partial charge in [0.1, 0.15) is 0 Å². The van der Waals surface area contributed by atoms with Crippen LogP contribution in [0.3, 0.4) is 0 Å². The summed E-state index contributed by atoms with van der Waals surface area (Å²) in [4.78, 5) is 13.0. The molecule has 0 aromatic heterocycles. The Morgan fingerprint density at radius 2 is 1.87 bits per heavy atom. The number of nitrogens with zero attached hydrogens (tertiary/aromatic N) is 1. The molecule has 0 aliphatic heterocycles. The smallest absolute Gasteiger partial charge is 0.423 e. The maximum absolute atomic E-state index is 11.5. The van der Waals surface area contributed by atoms with Crippen LogP contribution in [0.4, 0.5) is 4.79 Å². The van der Waals surface area contributed by atoms with Crippen LogP contribution in [0, 0.1) is 0 Å². The highest BCUT2D eigenvalue weighted by Gasteiger charge is 2.40. The molecule has 1 aliphatic carbocycles. The first kappa shape index (κ1) is 12.3. The minimum absolute atomic E-state index is 0.429. The molecule has 0 aromatic rings. The van der Waals surface area contributed by atoms with Gasteiger partial charge in [0, 0.05) is 0 Å². The molecule has 0 aromatic carbocycles. The molecule has 6 nitrogen and oxygen atoms in total. The zero-order valence-electron chi connectivity index (χ0n) is 9.02. The minimum Gasteiger partial charge on any atom is -0.464 e. The fourth-order valence-electron chi connectivity index (χ4n) is 1.04. The van der Waals surface area contributed by atoms with Gasteiger partial charge in [-0.2, -0.15) is 0 Å². The number of carboxylic acid groups (broad SMARTS) is 1. The third kappa shape index (κ3) is 3.07. The van der Waals surface area contributed by atoms with Crippen LogP contribution in [-0.2, 0) is 10.0 Å². The van der Waals surface area contributed by atoms with Crippen molar-refractivity contribution in [1.29, 1.82) is 0 Å². The molecule has 0 heterocycles. The van der Waals surface area contributed by atoms with Gasteiger partial charge >= 0.3 is 6.09 Å². The van der Waals surface area contributed by atoms with Crippen LogP contribution in [-0.4, -0.2) is 35.4 Å². The van der Waals surface area contributed by atoms with E-state index in [1.165, 1.54) is 0 Å². The van der Waals surface area contributed by atoms with Crippen molar-refractivity contribution in [2.24, 2.45) is 0 Å². The molecule has 15 heavy (non-hydrogen) atoms. The van der Waals surface area contributed by atoms with Gasteiger partial charge in [0.05, 0.1) is 10.8 Å². The lowest BCUT2D eigenvalue weighted by molar-refractivity contribution is 0.0857. The van der Waals surface area contributed by atoms with Gasteiger partial charge in [-0.15, -0.1) is 4.83 Å². The van der Waals surface area contributed by atoms with Gasteiger partial charge in [0.2, 0.25) is 10.0 Å². The van der Waals surface area contributed by atoms with E-state index >= 15 is 0 Å². The number of carbonyl (C=O) groups is 1. The second-order valence-electron chi connectivity index (χ2n) is 4.62. The van der Waals surface area contributed by atoms with Crippen molar-refractivity contribution >= 4 is 16.1 Å². The molecule has 0 radical (unpaired) electrons. The van der Waals surface area contributed by atoms with Crippen LogP contribution in [0.5, 0.6) is 0 Å². The number of hydrazine groups is 1. The second kappa shape index (κ2) is 3.64. The Labute approximate surface area is 89.3 Å². The third-order valence-electron chi connectivity index (χ3n) is 2.04. The molecule has 1 amide bonds. The van der Waals surface area contributed by atoms with E-state index in [-0.39, 0.29) is 0 Å². The molecule has 88 valence electrons. The molecular weight excluding hydrogens is 220 g/mol. The molecule has 1 fully saturated rings. The number of hydrogen-bond donors (Lipinski definition) is 2. The quantitative estimate of drug-likeness (QED) is 0.708. The van der Waals surface area contributed by atoms with Crippen molar-refractivity contribution in [3.63, 3.8) is 0 Å². The Bertz CT molecular complexity index is 353. The summed E-state index contributed by atoms with van der Waals surface area (Å²) in [5.41, 5.74) is -0.798. The summed E-state index contributed by atoms with van der Waals surface area (Å²) in [6.45, 7) is 4.86. The largest absolute Gasteiger partial charge is 0.464 e. The van der Waals surface area contributed by atoms with E-state index in [4.69, 9.17) is 5.11 Å². The van der Waals surface area contributed by atoms with Crippen LogP contribution in [0.2, 0.25) is 0 Å². The van der Waals surface area contributed by atoms with Crippen LogP contribution < -0.4 is 4.83 Å². The van der Waals surface area contributed by atoms with E-state index in [2.05, 4.69) is 4.83 Å². The molecule has 0 spiro atoms. The van der Waals surface area contributed by atoms with Gasteiger partial charge < -0.3 is 5.11 Å². The molecular formula is C8H16N2O4S. The Balaban J connectivity index is 2.80. The van der Waals surface area contributed by atoms with E-state index in [1.807, 2.05) is 0 Å². The molecule has 7 heteroatoms. The first-order valence-corrected chi connectivity index (χ1v) is 6.23. The molecule has 0 unspecified atom stereocenters. The average Bonchev–Trinajstić information content (AvgIpc) is 2.79. The summed E-state index contributed by atoms with van der Waals surface area (Å²) in [6.07, 6.45) is -0.0911. The lowest BCUT2D eigenvalue weighted by Gasteiger charge is -2.32. The fourth-order valence-corrected chi connectivity index (χ4v) is 2.56. The first-order chi connectivity index (χ1) is 6.64. The third-order valence-corrected chi connectivity index (χ3v) is 3.83. The number of nitrogens with one attached hydrogen (secondary N) is 1. The second-order valence-corrected chi connectivity index (χ2v) is 6.56. The van der Waals surface area contributed by atoms with E-state index in [0.717, 1.165) is 5.01 Å². The van der Waals surface area contributed by atoms with Crippen LogP contribution in [0.1, 0.15) is 33.6 Å². The predicted molar refractivity (Wildman–Crippen MR) is 54.7 cm³/mol. The Morgan fingerprint density at radius 3 is 2.13 bits per heavy atom. The van der Waals surface area contributed by atoms with Crippen molar-refractivity contribution in [1.82, 2.24) is 9.84 Å². The zero-order valence-corrected chi connectivity index (χ0v) is 9.84. The van der Waals surface area contributed by atoms with E-state index in [9.17, 15) is 13.2 Å². The highest BCUT2D eigenvalue weighted by molar-refractivity contribution is 7.90. The number of amides is 1. The van der Waals surface area contributed by atoms with Crippen molar-refractivity contribution in [3.8, 4) is 0 Å². The highest BCUT2D eigenvalue weighted by atomic mass is 32.2. The maximum Gasteiger partial charge on any atom is 0.423 e. The lowest BCUT2D eigenvalue weighted by atomic mass is 10.1. The van der Waals surface area contributed by atoms with Gasteiger partial charge in [-0.1, -0.05) is 0 Å². The van der Waals surface area contributed by atoms with E-state index < -0.39 is 26.9 Å². The summed E-state index contributed by atoms with van der Waals surface area (Å²) < 4.78 is 23.1. The summed E-state index contributed by atoms with van der Waals surface area (Å²) in [6, 6.07) is 0. The van der Waals surface area contributed by atoms with Crippen molar-refractivity contribution < 1.29 is 18.3 Å². The zero-order chi connectivity index (χ0) is 11.9. The number of rotatable bonds is 3. The Hall–Kier alpha value is -0.820. The van der Waals surface area contributed by atoms with Gasteiger partial charge in [0.25, 0.3) is 0 Å². The Morgan fingerprint density at radius 1 is 1.40 bits per heavy atom. The normalized spacial score (nSPS) is 17.5. The maximum atomic E-state index is 11.5. The standard InChI is InChI=1S/C8H16N2O4S/c1-8(2,3)10(7(11)12)9-15(13,14)6-4-5-6/h6,9H,4-5H2,1-3H3,(H,11,12). The van der Waals surface area contributed by atoms with Gasteiger partial charge in [0.15, 0.2) is 0 Å². The minimum atomic E-state index is -3.52. The molecule has 1 saturated carbocycles. The van der Waals surface area contributed by atoms with Crippen LogP contribution >= 0.6 is 0 Å². The lowest BCUT2D eigenvalue weighted by Crippen LogP contribution is -2.55. The Kier molecular flexibility index (Phi) is 2.97. The molecule has 0 bridgehead atoms. The monoisotopic (exact) mass is 236 g/mol. The topological polar surface area (TPSA) is 86.7 Å². The van der Waals surface area contributed by atoms with Crippen LogP contribution in [0.15, 0.2) is 0 Å². The summed E-state index contributed by atoms with van der Waals surface area (Å²) >= 11 is 0. The average molecular weight is 236 g/mol. The van der Waals surface area contributed by atoms with Gasteiger partial charge in [-0.05, 0) is 33.6 Å². The van der Waals surface area contributed by atoms with Crippen molar-refractivity contribution in [3.05, 3.63) is 0 Å². The van der Waals surface area contributed by atoms with E-state index in [0.29, 0.717) is 12.8 Å². The molecule has 2 N–H and O–H groups in total. The molecule has 0 saturated heterocycles. The summed E-state index contributed by atoms with van der Waals surface area (Å²) in [7, 11) is -3.52. The highest BCUT2D eigenvalue weighted by Crippen LogP contribution is 2.28. The van der Waals surface area contributed by atoms with Gasteiger partial charge in [-0.3, -0.25) is 0 Å².